The quantitative estimate of drug-likeness (QED) is 0.777. The van der Waals surface area contributed by atoms with Gasteiger partial charge in [-0.3, -0.25) is 4.79 Å². The summed E-state index contributed by atoms with van der Waals surface area (Å²) in [7, 11) is 0. The Morgan fingerprint density at radius 2 is 2.10 bits per heavy atom. The maximum absolute atomic E-state index is 12.1. The van der Waals surface area contributed by atoms with Crippen LogP contribution in [0.3, 0.4) is 0 Å². The number of alkyl halides is 1. The Balaban J connectivity index is 2.08. The van der Waals surface area contributed by atoms with Crippen molar-refractivity contribution < 1.29 is 14.3 Å². The van der Waals surface area contributed by atoms with E-state index in [1.807, 2.05) is 20.8 Å². The van der Waals surface area contributed by atoms with Gasteiger partial charge in [0.05, 0.1) is 32.0 Å². The monoisotopic (exact) mass is 332 g/mol. The smallest absolute Gasteiger partial charge is 0.238 e. The summed E-state index contributed by atoms with van der Waals surface area (Å²) in [5, 5.41) is 0.905. The van der Waals surface area contributed by atoms with Crippen molar-refractivity contribution in [3.8, 4) is 0 Å². The van der Waals surface area contributed by atoms with Crippen molar-refractivity contribution in [1.29, 1.82) is 0 Å². The van der Waals surface area contributed by atoms with Crippen LogP contribution in [0.2, 0.25) is 0 Å². The number of hydrogen-bond acceptors (Lipinski definition) is 5. The van der Waals surface area contributed by atoms with Crippen LogP contribution in [0.25, 0.3) is 0 Å². The van der Waals surface area contributed by atoms with Crippen LogP contribution in [0.15, 0.2) is 0 Å². The van der Waals surface area contributed by atoms with E-state index >= 15 is 0 Å². The first kappa shape index (κ1) is 16.7. The number of carbonyl (C=O) groups is 1. The number of halogens is 1. The van der Waals surface area contributed by atoms with Gasteiger partial charge < -0.3 is 14.4 Å². The lowest BCUT2D eigenvalue weighted by Gasteiger charge is -2.37. The highest BCUT2D eigenvalue weighted by Gasteiger charge is 2.33. The largest absolute Gasteiger partial charge is 0.348 e. The zero-order chi connectivity index (χ0) is 15.5. The number of aryl methyl sites for hydroxylation is 2. The molecule has 0 aliphatic carbocycles. The molecule has 0 N–H and O–H groups in total. The summed E-state index contributed by atoms with van der Waals surface area (Å²) in [5.74, 6) is -0.957. The highest BCUT2D eigenvalue weighted by molar-refractivity contribution is 7.11. The predicted molar refractivity (Wildman–Crippen MR) is 82.7 cm³/mol. The van der Waals surface area contributed by atoms with Gasteiger partial charge in [0, 0.05) is 4.88 Å². The van der Waals surface area contributed by atoms with Gasteiger partial charge in [-0.1, -0.05) is 0 Å². The second-order valence-electron chi connectivity index (χ2n) is 5.32. The fourth-order valence-corrected chi connectivity index (χ4v) is 3.32. The lowest BCUT2D eigenvalue weighted by atomic mass is 10.2. The van der Waals surface area contributed by atoms with E-state index in [1.165, 1.54) is 4.88 Å². The van der Waals surface area contributed by atoms with Crippen LogP contribution in [-0.2, 0) is 20.8 Å². The number of thiazole rings is 1. The molecule has 1 aliphatic rings. The normalized spacial score (nSPS) is 17.7. The van der Waals surface area contributed by atoms with Gasteiger partial charge in [0.2, 0.25) is 5.91 Å². The molecule has 0 bridgehead atoms. The van der Waals surface area contributed by atoms with Crippen molar-refractivity contribution in [3.63, 3.8) is 0 Å². The molecule has 7 heteroatoms. The maximum Gasteiger partial charge on any atom is 0.238 e. The molecule has 1 aromatic heterocycles. The summed E-state index contributed by atoms with van der Waals surface area (Å²) in [6.45, 7) is 7.95. The summed E-state index contributed by atoms with van der Waals surface area (Å²) in [5.41, 5.74) is 1.00. The Morgan fingerprint density at radius 1 is 1.43 bits per heavy atom. The van der Waals surface area contributed by atoms with Crippen molar-refractivity contribution in [3.05, 3.63) is 15.6 Å². The van der Waals surface area contributed by atoms with E-state index in [2.05, 4.69) is 4.98 Å². The molecule has 0 saturated carbocycles. The Bertz CT molecular complexity index is 481. The maximum atomic E-state index is 12.1. The van der Waals surface area contributed by atoms with Crippen LogP contribution >= 0.6 is 22.9 Å². The van der Waals surface area contributed by atoms with Crippen LogP contribution in [0, 0.1) is 13.8 Å². The first-order valence-electron chi connectivity index (χ1n) is 6.98. The lowest BCUT2D eigenvalue weighted by molar-refractivity contribution is -0.262. The molecule has 2 rings (SSSR count). The zero-order valence-electron chi connectivity index (χ0n) is 12.6. The molecule has 5 nitrogen and oxygen atoms in total. The molecular formula is C14H21ClN2O3S. The molecule has 1 aromatic rings. The molecule has 1 aliphatic heterocycles. The Hall–Kier alpha value is -0.690. The van der Waals surface area contributed by atoms with Crippen LogP contribution in [0.5, 0.6) is 0 Å². The van der Waals surface area contributed by atoms with Crippen LogP contribution in [0.4, 0.5) is 0 Å². The van der Waals surface area contributed by atoms with Gasteiger partial charge in [0.1, 0.15) is 10.9 Å². The Kier molecular flexibility index (Phi) is 5.60. The molecule has 1 amide bonds. The molecule has 118 valence electrons. The highest BCUT2D eigenvalue weighted by Crippen LogP contribution is 2.23. The van der Waals surface area contributed by atoms with Crippen molar-refractivity contribution in [2.45, 2.75) is 39.5 Å². The first-order valence-corrected chi connectivity index (χ1v) is 8.33. The molecular weight excluding hydrogens is 312 g/mol. The second kappa shape index (κ2) is 7.05. The molecule has 0 aromatic carbocycles. The third-order valence-corrected chi connectivity index (χ3v) is 4.73. The van der Waals surface area contributed by atoms with Gasteiger partial charge in [0.15, 0.2) is 5.79 Å². The summed E-state index contributed by atoms with van der Waals surface area (Å²) in [6.07, 6.45) is 0.879. The minimum atomic E-state index is -0.763. The van der Waals surface area contributed by atoms with E-state index in [0.717, 1.165) is 17.1 Å². The van der Waals surface area contributed by atoms with E-state index < -0.39 is 5.79 Å². The second-order valence-corrected chi connectivity index (χ2v) is 6.87. The Morgan fingerprint density at radius 3 is 2.62 bits per heavy atom. The van der Waals surface area contributed by atoms with E-state index in [0.29, 0.717) is 26.3 Å². The summed E-state index contributed by atoms with van der Waals surface area (Å²) in [6, 6.07) is 0. The molecule has 21 heavy (non-hydrogen) atoms. The molecule has 2 heterocycles. The van der Waals surface area contributed by atoms with Crippen molar-refractivity contribution in [2.24, 2.45) is 0 Å². The van der Waals surface area contributed by atoms with Crippen LogP contribution < -0.4 is 0 Å². The standard InChI is InChI=1S/C14H21ClN2O3S/c1-10-11(2)21-12(16-10)8-17(13(18)7-15)9-14(3)19-5-4-6-20-14/h4-9H2,1-3H3. The van der Waals surface area contributed by atoms with Crippen LogP contribution in [-0.4, -0.2) is 47.2 Å². The predicted octanol–water partition coefficient (Wildman–Crippen LogP) is 2.48. The van der Waals surface area contributed by atoms with Gasteiger partial charge in [-0.2, -0.15) is 0 Å². The van der Waals surface area contributed by atoms with Gasteiger partial charge >= 0.3 is 0 Å². The van der Waals surface area contributed by atoms with Crippen LogP contribution in [0.1, 0.15) is 28.9 Å². The van der Waals surface area contributed by atoms with E-state index in [4.69, 9.17) is 21.1 Å². The highest BCUT2D eigenvalue weighted by atomic mass is 35.5. The number of aromatic nitrogens is 1. The van der Waals surface area contributed by atoms with E-state index in [9.17, 15) is 4.79 Å². The van der Waals surface area contributed by atoms with Crippen molar-refractivity contribution in [1.82, 2.24) is 9.88 Å². The van der Waals surface area contributed by atoms with E-state index in [-0.39, 0.29) is 11.8 Å². The number of ether oxygens (including phenoxy) is 2. The number of amides is 1. The molecule has 0 atom stereocenters. The molecule has 1 fully saturated rings. The first-order chi connectivity index (χ1) is 9.93. The third kappa shape index (κ3) is 4.39. The van der Waals surface area contributed by atoms with Gasteiger partial charge in [-0.05, 0) is 27.2 Å². The number of rotatable bonds is 5. The van der Waals surface area contributed by atoms with Crippen molar-refractivity contribution in [2.75, 3.05) is 25.6 Å². The molecule has 0 unspecified atom stereocenters. The minimum Gasteiger partial charge on any atom is -0.348 e. The molecule has 1 saturated heterocycles. The van der Waals surface area contributed by atoms with E-state index in [1.54, 1.807) is 16.2 Å². The average molecular weight is 333 g/mol. The average Bonchev–Trinajstić information content (AvgIpc) is 2.76. The molecule has 0 radical (unpaired) electrons. The van der Waals surface area contributed by atoms with Crippen molar-refractivity contribution >= 4 is 28.8 Å². The number of hydrogen-bond donors (Lipinski definition) is 0. The molecule has 0 spiro atoms. The Labute approximate surface area is 134 Å². The topological polar surface area (TPSA) is 51.7 Å². The number of carbonyl (C=O) groups excluding carboxylic acids is 1. The minimum absolute atomic E-state index is 0.0561. The third-order valence-electron chi connectivity index (χ3n) is 3.45. The summed E-state index contributed by atoms with van der Waals surface area (Å²) in [4.78, 5) is 19.4. The summed E-state index contributed by atoms with van der Waals surface area (Å²) < 4.78 is 11.4. The van der Waals surface area contributed by atoms with Gasteiger partial charge in [-0.15, -0.1) is 22.9 Å². The van der Waals surface area contributed by atoms with Gasteiger partial charge in [0.25, 0.3) is 0 Å². The zero-order valence-corrected chi connectivity index (χ0v) is 14.2. The summed E-state index contributed by atoms with van der Waals surface area (Å²) >= 11 is 7.32. The number of nitrogens with zero attached hydrogens (tertiary/aromatic N) is 2. The SMILES string of the molecule is Cc1nc(CN(CC2(C)OCCCO2)C(=O)CCl)sc1C. The fraction of sp³-hybridized carbons (Fsp3) is 0.714. The fourth-order valence-electron chi connectivity index (χ4n) is 2.20. The van der Waals surface area contributed by atoms with Gasteiger partial charge in [-0.25, -0.2) is 4.98 Å². The lowest BCUT2D eigenvalue weighted by Crippen LogP contribution is -2.49.